The van der Waals surface area contributed by atoms with E-state index in [4.69, 9.17) is 4.74 Å². The van der Waals surface area contributed by atoms with Gasteiger partial charge >= 0.3 is 6.03 Å². The van der Waals surface area contributed by atoms with Gasteiger partial charge in [0.05, 0.1) is 19.3 Å². The van der Waals surface area contributed by atoms with E-state index in [0.29, 0.717) is 6.54 Å². The average molecular weight is 342 g/mol. The normalized spacial score (nSPS) is 16.6. The van der Waals surface area contributed by atoms with Crippen LogP contribution in [0.5, 0.6) is 5.75 Å². The van der Waals surface area contributed by atoms with Crippen LogP contribution in [0.1, 0.15) is 36.6 Å². The van der Waals surface area contributed by atoms with E-state index in [0.717, 1.165) is 43.7 Å². The molecular weight excluding hydrogens is 316 g/mol. The summed E-state index contributed by atoms with van der Waals surface area (Å²) in [5.74, 6) is 0.954. The third-order valence-corrected chi connectivity index (χ3v) is 4.76. The lowest BCUT2D eigenvalue weighted by Gasteiger charge is -2.18. The van der Waals surface area contributed by atoms with Crippen molar-refractivity contribution in [3.05, 3.63) is 47.3 Å². The van der Waals surface area contributed by atoms with Gasteiger partial charge in [-0.2, -0.15) is 5.10 Å². The van der Waals surface area contributed by atoms with E-state index in [1.54, 1.807) is 13.3 Å². The van der Waals surface area contributed by atoms with Crippen LogP contribution in [-0.2, 0) is 25.9 Å². The number of aryl methyl sites for hydroxylation is 1. The van der Waals surface area contributed by atoms with Crippen LogP contribution in [0, 0.1) is 0 Å². The minimum atomic E-state index is -0.125. The number of nitrogens with one attached hydrogen (secondary N) is 2. The summed E-state index contributed by atoms with van der Waals surface area (Å²) in [6.45, 7) is 3.32. The van der Waals surface area contributed by atoms with E-state index in [-0.39, 0.29) is 12.1 Å². The van der Waals surface area contributed by atoms with Gasteiger partial charge in [-0.25, -0.2) is 4.79 Å². The molecule has 1 aromatic heterocycles. The first-order valence-electron chi connectivity index (χ1n) is 8.91. The van der Waals surface area contributed by atoms with Crippen molar-refractivity contribution in [2.75, 3.05) is 7.11 Å². The highest BCUT2D eigenvalue weighted by molar-refractivity contribution is 5.74. The van der Waals surface area contributed by atoms with E-state index in [1.165, 1.54) is 11.1 Å². The molecule has 2 amide bonds. The third kappa shape index (κ3) is 4.13. The summed E-state index contributed by atoms with van der Waals surface area (Å²) in [7, 11) is 1.71. The minimum absolute atomic E-state index is 0.125. The van der Waals surface area contributed by atoms with Gasteiger partial charge in [0.2, 0.25) is 0 Å². The zero-order chi connectivity index (χ0) is 17.6. The molecule has 0 aliphatic heterocycles. The predicted molar refractivity (Wildman–Crippen MR) is 96.7 cm³/mol. The smallest absolute Gasteiger partial charge is 0.315 e. The molecule has 6 nitrogen and oxygen atoms in total. The summed E-state index contributed by atoms with van der Waals surface area (Å²) in [6.07, 6.45) is 5.61. The van der Waals surface area contributed by atoms with Gasteiger partial charge < -0.3 is 15.4 Å². The van der Waals surface area contributed by atoms with Crippen molar-refractivity contribution >= 4 is 6.03 Å². The molecule has 0 saturated carbocycles. The molecule has 1 unspecified atom stereocenters. The quantitative estimate of drug-likeness (QED) is 0.821. The van der Waals surface area contributed by atoms with Crippen molar-refractivity contribution in [1.82, 2.24) is 20.4 Å². The molecule has 3 rings (SSSR count). The molecule has 2 N–H and O–H groups in total. The van der Waals surface area contributed by atoms with Gasteiger partial charge in [-0.1, -0.05) is 12.1 Å². The number of ether oxygens (including phenoxy) is 1. The maximum Gasteiger partial charge on any atom is 0.315 e. The summed E-state index contributed by atoms with van der Waals surface area (Å²) in [5.41, 5.74) is 3.56. The maximum atomic E-state index is 12.3. The van der Waals surface area contributed by atoms with Crippen LogP contribution in [0.3, 0.4) is 0 Å². The highest BCUT2D eigenvalue weighted by Gasteiger charge is 2.20. The van der Waals surface area contributed by atoms with Crippen molar-refractivity contribution in [3.8, 4) is 5.75 Å². The van der Waals surface area contributed by atoms with E-state index < -0.39 is 0 Å². The lowest BCUT2D eigenvalue weighted by Crippen LogP contribution is -2.42. The van der Waals surface area contributed by atoms with Crippen molar-refractivity contribution in [1.29, 1.82) is 0 Å². The van der Waals surface area contributed by atoms with E-state index in [9.17, 15) is 4.79 Å². The Balaban J connectivity index is 1.58. The van der Waals surface area contributed by atoms with Crippen LogP contribution in [0.25, 0.3) is 0 Å². The van der Waals surface area contributed by atoms with Gasteiger partial charge in [0.25, 0.3) is 0 Å². The first kappa shape index (κ1) is 17.3. The molecule has 134 valence electrons. The Kier molecular flexibility index (Phi) is 5.58. The summed E-state index contributed by atoms with van der Waals surface area (Å²) in [5, 5.41) is 10.3. The highest BCUT2D eigenvalue weighted by atomic mass is 16.5. The molecule has 1 atom stereocenters. The molecular formula is C19H26N4O2. The largest absolute Gasteiger partial charge is 0.496 e. The number of hydrogen-bond donors (Lipinski definition) is 2. The summed E-state index contributed by atoms with van der Waals surface area (Å²) >= 11 is 0. The lowest BCUT2D eigenvalue weighted by atomic mass is 10.0. The topological polar surface area (TPSA) is 68.2 Å². The number of nitrogens with zero attached hydrogens (tertiary/aromatic N) is 2. The number of carbonyl (C=O) groups is 1. The Bertz CT molecular complexity index is 726. The number of amides is 2. The Morgan fingerprint density at radius 2 is 2.28 bits per heavy atom. The molecule has 0 fully saturated rings. The molecule has 0 spiro atoms. The van der Waals surface area contributed by atoms with Gasteiger partial charge in [0.1, 0.15) is 5.75 Å². The van der Waals surface area contributed by atoms with E-state index in [2.05, 4.69) is 21.8 Å². The van der Waals surface area contributed by atoms with E-state index >= 15 is 0 Å². The van der Waals surface area contributed by atoms with Crippen LogP contribution in [0.4, 0.5) is 4.79 Å². The number of carbonyl (C=O) groups excluding carboxylic acids is 1. The molecule has 1 aromatic carbocycles. The zero-order valence-corrected chi connectivity index (χ0v) is 14.9. The first-order chi connectivity index (χ1) is 12.2. The second-order valence-electron chi connectivity index (χ2n) is 6.36. The molecule has 2 aromatic rings. The number of fused-ring (bicyclic) bond motifs is 1. The molecule has 1 aliphatic rings. The van der Waals surface area contributed by atoms with Gasteiger partial charge in [0.15, 0.2) is 0 Å². The molecule has 0 saturated heterocycles. The van der Waals surface area contributed by atoms with Crippen LogP contribution in [0.2, 0.25) is 0 Å². The van der Waals surface area contributed by atoms with E-state index in [1.807, 2.05) is 29.8 Å². The fourth-order valence-corrected chi connectivity index (χ4v) is 3.50. The predicted octanol–water partition coefficient (Wildman–Crippen LogP) is 2.66. The fourth-order valence-electron chi connectivity index (χ4n) is 3.50. The van der Waals surface area contributed by atoms with Crippen molar-refractivity contribution in [2.24, 2.45) is 0 Å². The second kappa shape index (κ2) is 8.05. The number of hydrogen-bond acceptors (Lipinski definition) is 3. The average Bonchev–Trinajstić information content (AvgIpc) is 2.98. The lowest BCUT2D eigenvalue weighted by molar-refractivity contribution is 0.235. The number of urea groups is 1. The summed E-state index contributed by atoms with van der Waals surface area (Å²) < 4.78 is 7.36. The standard InChI is InChI=1S/C19H26N4O2/c1-3-23-16(10-11-21-23)13-20-19(24)22-15-7-5-8-17-14(12-15)6-4-9-18(17)25-2/h4,6,9-11,15H,3,5,7-8,12-13H2,1-2H3,(H2,20,22,24). The van der Waals surface area contributed by atoms with Gasteiger partial charge in [-0.15, -0.1) is 0 Å². The number of benzene rings is 1. The first-order valence-corrected chi connectivity index (χ1v) is 8.91. The molecule has 0 bridgehead atoms. The van der Waals surface area contributed by atoms with Gasteiger partial charge in [0, 0.05) is 18.8 Å². The summed E-state index contributed by atoms with van der Waals surface area (Å²) in [6, 6.07) is 8.11. The molecule has 1 aliphatic carbocycles. The molecule has 1 heterocycles. The molecule has 0 radical (unpaired) electrons. The van der Waals surface area contributed by atoms with Crippen LogP contribution in [0.15, 0.2) is 30.5 Å². The fraction of sp³-hybridized carbons (Fsp3) is 0.474. The van der Waals surface area contributed by atoms with Crippen LogP contribution >= 0.6 is 0 Å². The number of methoxy groups -OCH3 is 1. The number of aromatic nitrogens is 2. The molecule has 25 heavy (non-hydrogen) atoms. The highest BCUT2D eigenvalue weighted by Crippen LogP contribution is 2.28. The minimum Gasteiger partial charge on any atom is -0.496 e. The Morgan fingerprint density at radius 1 is 1.40 bits per heavy atom. The monoisotopic (exact) mass is 342 g/mol. The van der Waals surface area contributed by atoms with Gasteiger partial charge in [-0.05, 0) is 55.9 Å². The van der Waals surface area contributed by atoms with Crippen molar-refractivity contribution in [3.63, 3.8) is 0 Å². The van der Waals surface area contributed by atoms with Crippen molar-refractivity contribution in [2.45, 2.75) is 51.7 Å². The zero-order valence-electron chi connectivity index (χ0n) is 14.9. The second-order valence-corrected chi connectivity index (χ2v) is 6.36. The third-order valence-electron chi connectivity index (χ3n) is 4.76. The molecule has 6 heteroatoms. The summed E-state index contributed by atoms with van der Waals surface area (Å²) in [4.78, 5) is 12.3. The Morgan fingerprint density at radius 3 is 3.08 bits per heavy atom. The number of rotatable bonds is 5. The van der Waals surface area contributed by atoms with Gasteiger partial charge in [-0.3, -0.25) is 4.68 Å². The Hall–Kier alpha value is -2.50. The van der Waals surface area contributed by atoms with Crippen LogP contribution in [-0.4, -0.2) is 29.0 Å². The maximum absolute atomic E-state index is 12.3. The Labute approximate surface area is 148 Å². The van der Waals surface area contributed by atoms with Crippen LogP contribution < -0.4 is 15.4 Å². The SMILES string of the molecule is CCn1nccc1CNC(=O)NC1CCCc2c(cccc2OC)C1. The van der Waals surface area contributed by atoms with Crippen molar-refractivity contribution < 1.29 is 9.53 Å².